The van der Waals surface area contributed by atoms with Crippen molar-refractivity contribution in [3.63, 3.8) is 0 Å². The number of rotatable bonds is 5. The summed E-state index contributed by atoms with van der Waals surface area (Å²) in [6.07, 6.45) is 0. The minimum Gasteiger partial charge on any atom is -0.497 e. The van der Waals surface area contributed by atoms with Gasteiger partial charge in [-0.1, -0.05) is 32.9 Å². The van der Waals surface area contributed by atoms with Crippen molar-refractivity contribution in [1.82, 2.24) is 0 Å². The lowest BCUT2D eigenvalue weighted by atomic mass is 9.84. The van der Waals surface area contributed by atoms with E-state index in [1.54, 1.807) is 21.3 Å². The first-order valence-corrected chi connectivity index (χ1v) is 6.35. The molecule has 0 heterocycles. The van der Waals surface area contributed by atoms with Crippen molar-refractivity contribution in [2.75, 3.05) is 27.9 Å². The second-order valence-electron chi connectivity index (χ2n) is 5.43. The molecule has 0 saturated heterocycles. The smallest absolute Gasteiger partial charge is 0.128 e. The van der Waals surface area contributed by atoms with E-state index in [4.69, 9.17) is 14.2 Å². The van der Waals surface area contributed by atoms with E-state index < -0.39 is 0 Å². The fraction of sp³-hybridized carbons (Fsp3) is 0.500. The molecule has 0 unspecified atom stereocenters. The van der Waals surface area contributed by atoms with Crippen molar-refractivity contribution >= 4 is 5.76 Å². The van der Waals surface area contributed by atoms with Gasteiger partial charge in [0.2, 0.25) is 0 Å². The first-order chi connectivity index (χ1) is 8.93. The van der Waals surface area contributed by atoms with Gasteiger partial charge in [-0.3, -0.25) is 0 Å². The monoisotopic (exact) mass is 264 g/mol. The van der Waals surface area contributed by atoms with E-state index in [2.05, 4.69) is 20.8 Å². The summed E-state index contributed by atoms with van der Waals surface area (Å²) < 4.78 is 16.2. The second-order valence-corrected chi connectivity index (χ2v) is 5.43. The molecule has 3 heteroatoms. The SMILES string of the molecule is COC/C(=C(/OC)c1cccc(OC)c1)C(C)(C)C. The van der Waals surface area contributed by atoms with Gasteiger partial charge in [0.25, 0.3) is 0 Å². The standard InChI is InChI=1S/C16H24O3/c1-16(2,3)14(11-17-4)15(19-6)12-8-7-9-13(10-12)18-5/h7-10H,11H2,1-6H3/b15-14-. The molecular formula is C16H24O3. The Balaban J connectivity index is 3.35. The molecule has 0 aliphatic carbocycles. The lowest BCUT2D eigenvalue weighted by molar-refractivity contribution is 0.203. The van der Waals surface area contributed by atoms with Crippen LogP contribution in [-0.4, -0.2) is 27.9 Å². The highest BCUT2D eigenvalue weighted by atomic mass is 16.5. The van der Waals surface area contributed by atoms with Crippen LogP contribution in [0.15, 0.2) is 29.8 Å². The zero-order chi connectivity index (χ0) is 14.5. The van der Waals surface area contributed by atoms with E-state index in [-0.39, 0.29) is 5.41 Å². The third-order valence-corrected chi connectivity index (χ3v) is 3.00. The number of hydrogen-bond donors (Lipinski definition) is 0. The molecule has 3 nitrogen and oxygen atoms in total. The zero-order valence-electron chi connectivity index (χ0n) is 12.7. The Labute approximate surface area is 116 Å². The lowest BCUT2D eigenvalue weighted by Gasteiger charge is -2.26. The van der Waals surface area contributed by atoms with E-state index in [1.807, 2.05) is 24.3 Å². The maximum absolute atomic E-state index is 5.62. The van der Waals surface area contributed by atoms with Crippen LogP contribution in [0.2, 0.25) is 0 Å². The van der Waals surface area contributed by atoms with E-state index in [9.17, 15) is 0 Å². The van der Waals surface area contributed by atoms with Gasteiger partial charge in [-0.05, 0) is 17.5 Å². The normalized spacial score (nSPS) is 12.9. The Morgan fingerprint density at radius 3 is 2.26 bits per heavy atom. The van der Waals surface area contributed by atoms with Crippen molar-refractivity contribution in [2.24, 2.45) is 5.41 Å². The first-order valence-electron chi connectivity index (χ1n) is 6.35. The van der Waals surface area contributed by atoms with Crippen LogP contribution in [0.4, 0.5) is 0 Å². The highest BCUT2D eigenvalue weighted by Gasteiger charge is 2.23. The minimum absolute atomic E-state index is 0.0234. The van der Waals surface area contributed by atoms with Crippen LogP contribution in [0.3, 0.4) is 0 Å². The Bertz CT molecular complexity index is 442. The van der Waals surface area contributed by atoms with E-state index in [0.717, 1.165) is 22.6 Å². The molecule has 0 aliphatic rings. The van der Waals surface area contributed by atoms with E-state index >= 15 is 0 Å². The molecule has 1 rings (SSSR count). The maximum atomic E-state index is 5.62. The predicted octanol–water partition coefficient (Wildman–Crippen LogP) is 3.75. The molecule has 1 aromatic rings. The van der Waals surface area contributed by atoms with Gasteiger partial charge in [0.05, 0.1) is 20.8 Å². The number of hydrogen-bond acceptors (Lipinski definition) is 3. The van der Waals surface area contributed by atoms with Crippen LogP contribution < -0.4 is 4.74 Å². The minimum atomic E-state index is -0.0234. The molecule has 0 fully saturated rings. The Hall–Kier alpha value is -1.48. The number of methoxy groups -OCH3 is 3. The summed E-state index contributed by atoms with van der Waals surface area (Å²) in [6, 6.07) is 7.87. The molecule has 0 aliphatic heterocycles. The van der Waals surface area contributed by atoms with Gasteiger partial charge < -0.3 is 14.2 Å². The maximum Gasteiger partial charge on any atom is 0.128 e. The summed E-state index contributed by atoms with van der Waals surface area (Å²) in [4.78, 5) is 0. The van der Waals surface area contributed by atoms with E-state index in [0.29, 0.717) is 6.61 Å². The highest BCUT2D eigenvalue weighted by molar-refractivity contribution is 5.65. The fourth-order valence-electron chi connectivity index (χ4n) is 1.95. The van der Waals surface area contributed by atoms with Crippen molar-refractivity contribution in [3.05, 3.63) is 35.4 Å². The Morgan fingerprint density at radius 1 is 1.11 bits per heavy atom. The van der Waals surface area contributed by atoms with Crippen molar-refractivity contribution in [2.45, 2.75) is 20.8 Å². The molecule has 0 radical (unpaired) electrons. The summed E-state index contributed by atoms with van der Waals surface area (Å²) in [6.45, 7) is 7.01. The molecule has 0 N–H and O–H groups in total. The number of benzene rings is 1. The first kappa shape index (κ1) is 15.6. The molecule has 0 amide bonds. The summed E-state index contributed by atoms with van der Waals surface area (Å²) in [5, 5.41) is 0. The van der Waals surface area contributed by atoms with Crippen LogP contribution >= 0.6 is 0 Å². The molecule has 0 spiro atoms. The van der Waals surface area contributed by atoms with Crippen molar-refractivity contribution in [1.29, 1.82) is 0 Å². The van der Waals surface area contributed by atoms with Gasteiger partial charge in [-0.2, -0.15) is 0 Å². The number of ether oxygens (including phenoxy) is 3. The van der Waals surface area contributed by atoms with Crippen LogP contribution in [0.25, 0.3) is 5.76 Å². The molecule has 0 bridgehead atoms. The summed E-state index contributed by atoms with van der Waals surface area (Å²) in [5.41, 5.74) is 2.11. The molecular weight excluding hydrogens is 240 g/mol. The molecule has 19 heavy (non-hydrogen) atoms. The average Bonchev–Trinajstić information content (AvgIpc) is 2.38. The fourth-order valence-corrected chi connectivity index (χ4v) is 1.95. The quantitative estimate of drug-likeness (QED) is 0.758. The second kappa shape index (κ2) is 6.62. The van der Waals surface area contributed by atoms with E-state index in [1.165, 1.54) is 0 Å². The zero-order valence-corrected chi connectivity index (χ0v) is 12.7. The Kier molecular flexibility index (Phi) is 5.43. The summed E-state index contributed by atoms with van der Waals surface area (Å²) in [5.74, 6) is 1.67. The van der Waals surface area contributed by atoms with Gasteiger partial charge in [0.1, 0.15) is 11.5 Å². The van der Waals surface area contributed by atoms with Gasteiger partial charge in [0, 0.05) is 18.2 Å². The lowest BCUT2D eigenvalue weighted by Crippen LogP contribution is -2.17. The molecule has 1 aromatic carbocycles. The van der Waals surface area contributed by atoms with Gasteiger partial charge in [-0.25, -0.2) is 0 Å². The van der Waals surface area contributed by atoms with Crippen LogP contribution in [0.1, 0.15) is 26.3 Å². The molecule has 0 saturated carbocycles. The topological polar surface area (TPSA) is 27.7 Å². The van der Waals surface area contributed by atoms with Crippen LogP contribution in [0, 0.1) is 5.41 Å². The third kappa shape index (κ3) is 4.00. The summed E-state index contributed by atoms with van der Waals surface area (Å²) in [7, 11) is 5.05. The summed E-state index contributed by atoms with van der Waals surface area (Å²) >= 11 is 0. The predicted molar refractivity (Wildman–Crippen MR) is 78.3 cm³/mol. The van der Waals surface area contributed by atoms with Crippen LogP contribution in [-0.2, 0) is 9.47 Å². The largest absolute Gasteiger partial charge is 0.497 e. The average molecular weight is 264 g/mol. The highest BCUT2D eigenvalue weighted by Crippen LogP contribution is 2.34. The van der Waals surface area contributed by atoms with Gasteiger partial charge in [0.15, 0.2) is 0 Å². The van der Waals surface area contributed by atoms with Gasteiger partial charge in [-0.15, -0.1) is 0 Å². The molecule has 106 valence electrons. The van der Waals surface area contributed by atoms with Crippen molar-refractivity contribution in [3.8, 4) is 5.75 Å². The molecule has 0 aromatic heterocycles. The van der Waals surface area contributed by atoms with Crippen LogP contribution in [0.5, 0.6) is 5.75 Å². The van der Waals surface area contributed by atoms with Crippen molar-refractivity contribution < 1.29 is 14.2 Å². The Morgan fingerprint density at radius 2 is 1.79 bits per heavy atom. The van der Waals surface area contributed by atoms with Gasteiger partial charge >= 0.3 is 0 Å². The third-order valence-electron chi connectivity index (χ3n) is 3.00. The molecule has 0 atom stereocenters.